The molecule has 1 N–H and O–H groups in total. The monoisotopic (exact) mass is 356 g/mol. The summed E-state index contributed by atoms with van der Waals surface area (Å²) >= 11 is 6.09. The van der Waals surface area contributed by atoms with E-state index in [0.717, 1.165) is 11.1 Å². The van der Waals surface area contributed by atoms with Gasteiger partial charge in [-0.1, -0.05) is 23.7 Å². The van der Waals surface area contributed by atoms with Crippen molar-refractivity contribution in [1.29, 1.82) is 0 Å². The summed E-state index contributed by atoms with van der Waals surface area (Å²) in [5.74, 6) is 0.305. The fourth-order valence-corrected chi connectivity index (χ4v) is 2.54. The fourth-order valence-electron chi connectivity index (χ4n) is 2.39. The first kappa shape index (κ1) is 17.0. The molecule has 3 aromatic rings. The smallest absolute Gasteiger partial charge is 0.255 e. The van der Waals surface area contributed by atoms with Crippen LogP contribution in [0.4, 0.5) is 5.69 Å². The van der Waals surface area contributed by atoms with Crippen LogP contribution in [0.2, 0.25) is 5.02 Å². The predicted molar refractivity (Wildman–Crippen MR) is 96.3 cm³/mol. The van der Waals surface area contributed by atoms with Gasteiger partial charge in [0.2, 0.25) is 0 Å². The van der Waals surface area contributed by atoms with Crippen molar-refractivity contribution in [3.63, 3.8) is 0 Å². The minimum absolute atomic E-state index is 0.215. The van der Waals surface area contributed by atoms with Gasteiger partial charge in [0.15, 0.2) is 0 Å². The number of rotatable bonds is 5. The summed E-state index contributed by atoms with van der Waals surface area (Å²) in [5, 5.41) is 7.51. The van der Waals surface area contributed by atoms with Gasteiger partial charge in [0.05, 0.1) is 19.3 Å². The Morgan fingerprint density at radius 1 is 1.28 bits per heavy atom. The maximum Gasteiger partial charge on any atom is 0.255 e. The molecule has 3 rings (SSSR count). The van der Waals surface area contributed by atoms with Gasteiger partial charge in [-0.05, 0) is 36.2 Å². The number of aromatic nitrogens is 3. The minimum atomic E-state index is -0.215. The third-order valence-corrected chi connectivity index (χ3v) is 4.16. The van der Waals surface area contributed by atoms with E-state index < -0.39 is 0 Å². The number of aryl methyl sites for hydroxylation is 1. The number of benzene rings is 2. The van der Waals surface area contributed by atoms with E-state index in [9.17, 15) is 4.79 Å². The summed E-state index contributed by atoms with van der Waals surface area (Å²) in [6, 6.07) is 10.8. The molecule has 0 radical (unpaired) electrons. The Balaban J connectivity index is 1.74. The molecule has 0 spiro atoms. The first-order chi connectivity index (χ1) is 12.1. The molecule has 0 saturated carbocycles. The van der Waals surface area contributed by atoms with Crippen molar-refractivity contribution in [3.05, 3.63) is 70.8 Å². The zero-order valence-electron chi connectivity index (χ0n) is 13.9. The minimum Gasteiger partial charge on any atom is -0.495 e. The summed E-state index contributed by atoms with van der Waals surface area (Å²) in [7, 11) is 1.54. The van der Waals surface area contributed by atoms with Crippen molar-refractivity contribution in [3.8, 4) is 5.75 Å². The maximum atomic E-state index is 12.5. The van der Waals surface area contributed by atoms with E-state index in [-0.39, 0.29) is 5.91 Å². The van der Waals surface area contributed by atoms with Gasteiger partial charge in [0.1, 0.15) is 18.4 Å². The number of amides is 1. The SMILES string of the molecule is COc1cc(Cl)c(C)cc1NC(=O)c1ccc(Cn2cncn2)cc1. The van der Waals surface area contributed by atoms with Crippen LogP contribution in [0.1, 0.15) is 21.5 Å². The van der Waals surface area contributed by atoms with Crippen molar-refractivity contribution < 1.29 is 9.53 Å². The van der Waals surface area contributed by atoms with E-state index in [1.54, 1.807) is 35.3 Å². The predicted octanol–water partition coefficient (Wildman–Crippen LogP) is 3.55. The van der Waals surface area contributed by atoms with Crippen molar-refractivity contribution in [1.82, 2.24) is 14.8 Å². The Labute approximate surface area is 150 Å². The van der Waals surface area contributed by atoms with Crippen LogP contribution in [0.25, 0.3) is 0 Å². The van der Waals surface area contributed by atoms with Crippen molar-refractivity contribution in [2.75, 3.05) is 12.4 Å². The van der Waals surface area contributed by atoms with E-state index in [1.165, 1.54) is 13.4 Å². The van der Waals surface area contributed by atoms with Gasteiger partial charge in [-0.3, -0.25) is 4.79 Å². The molecule has 0 fully saturated rings. The third-order valence-electron chi connectivity index (χ3n) is 3.76. The number of anilines is 1. The van der Waals surface area contributed by atoms with Gasteiger partial charge in [0.25, 0.3) is 5.91 Å². The third kappa shape index (κ3) is 3.97. The number of carbonyl (C=O) groups excluding carboxylic acids is 1. The Morgan fingerprint density at radius 2 is 2.04 bits per heavy atom. The highest BCUT2D eigenvalue weighted by Crippen LogP contribution is 2.31. The average Bonchev–Trinajstić information content (AvgIpc) is 3.11. The quantitative estimate of drug-likeness (QED) is 0.759. The Bertz CT molecular complexity index is 877. The van der Waals surface area contributed by atoms with Crippen LogP contribution < -0.4 is 10.1 Å². The van der Waals surface area contributed by atoms with Crippen LogP contribution in [0.15, 0.2) is 49.1 Å². The average molecular weight is 357 g/mol. The Hall–Kier alpha value is -2.86. The molecule has 0 unspecified atom stereocenters. The van der Waals surface area contributed by atoms with Crippen LogP contribution in [-0.2, 0) is 6.54 Å². The maximum absolute atomic E-state index is 12.5. The summed E-state index contributed by atoms with van der Waals surface area (Å²) in [6.07, 6.45) is 3.14. The van der Waals surface area contributed by atoms with Crippen LogP contribution in [-0.4, -0.2) is 27.8 Å². The van der Waals surface area contributed by atoms with E-state index in [2.05, 4.69) is 15.4 Å². The highest BCUT2D eigenvalue weighted by Gasteiger charge is 2.12. The van der Waals surface area contributed by atoms with Crippen molar-refractivity contribution in [2.24, 2.45) is 0 Å². The van der Waals surface area contributed by atoms with Crippen LogP contribution in [0, 0.1) is 6.92 Å². The Kier molecular flexibility index (Phi) is 5.00. The van der Waals surface area contributed by atoms with Gasteiger partial charge >= 0.3 is 0 Å². The van der Waals surface area contributed by atoms with Crippen molar-refractivity contribution in [2.45, 2.75) is 13.5 Å². The van der Waals surface area contributed by atoms with Crippen molar-refractivity contribution >= 4 is 23.2 Å². The molecule has 0 aliphatic rings. The zero-order valence-corrected chi connectivity index (χ0v) is 14.6. The van der Waals surface area contributed by atoms with E-state index in [0.29, 0.717) is 28.6 Å². The summed E-state index contributed by atoms with van der Waals surface area (Å²) in [6.45, 7) is 2.47. The molecule has 6 nitrogen and oxygen atoms in total. The second-order valence-electron chi connectivity index (χ2n) is 5.55. The summed E-state index contributed by atoms with van der Waals surface area (Å²) in [4.78, 5) is 16.4. The molecule has 7 heteroatoms. The zero-order chi connectivity index (χ0) is 17.8. The van der Waals surface area contributed by atoms with Gasteiger partial charge in [-0.25, -0.2) is 9.67 Å². The number of nitrogens with one attached hydrogen (secondary N) is 1. The number of methoxy groups -OCH3 is 1. The number of carbonyl (C=O) groups is 1. The first-order valence-electron chi connectivity index (χ1n) is 7.63. The molecule has 128 valence electrons. The van der Waals surface area contributed by atoms with E-state index >= 15 is 0 Å². The second-order valence-corrected chi connectivity index (χ2v) is 5.95. The summed E-state index contributed by atoms with van der Waals surface area (Å²) in [5.41, 5.74) is 3.03. The lowest BCUT2D eigenvalue weighted by Crippen LogP contribution is -2.13. The molecule has 1 heterocycles. The first-order valence-corrected chi connectivity index (χ1v) is 8.01. The van der Waals surface area contributed by atoms with Gasteiger partial charge in [-0.2, -0.15) is 5.10 Å². The molecule has 0 aliphatic carbocycles. The van der Waals surface area contributed by atoms with Crippen LogP contribution in [0.5, 0.6) is 5.75 Å². The number of nitrogens with zero attached hydrogens (tertiary/aromatic N) is 3. The van der Waals surface area contributed by atoms with Gasteiger partial charge in [0, 0.05) is 16.7 Å². The van der Waals surface area contributed by atoms with Gasteiger partial charge < -0.3 is 10.1 Å². The molecule has 0 bridgehead atoms. The standard InChI is InChI=1S/C18H17ClN4O2/c1-12-7-16(17(25-2)8-15(12)19)22-18(24)14-5-3-13(4-6-14)9-23-11-20-10-21-23/h3-8,10-11H,9H2,1-2H3,(H,22,24). The number of hydrogen-bond acceptors (Lipinski definition) is 4. The van der Waals surface area contributed by atoms with Crippen LogP contribution >= 0.6 is 11.6 Å². The molecule has 0 saturated heterocycles. The molecule has 0 atom stereocenters. The molecule has 2 aromatic carbocycles. The lowest BCUT2D eigenvalue weighted by atomic mass is 10.1. The molecular weight excluding hydrogens is 340 g/mol. The largest absolute Gasteiger partial charge is 0.495 e. The molecule has 25 heavy (non-hydrogen) atoms. The van der Waals surface area contributed by atoms with Gasteiger partial charge in [-0.15, -0.1) is 0 Å². The topological polar surface area (TPSA) is 69.0 Å². The number of halogens is 1. The second kappa shape index (κ2) is 7.36. The van der Waals surface area contributed by atoms with Crippen LogP contribution in [0.3, 0.4) is 0 Å². The van der Waals surface area contributed by atoms with E-state index in [1.807, 2.05) is 19.1 Å². The molecular formula is C18H17ClN4O2. The highest BCUT2D eigenvalue weighted by molar-refractivity contribution is 6.31. The highest BCUT2D eigenvalue weighted by atomic mass is 35.5. The van der Waals surface area contributed by atoms with E-state index in [4.69, 9.17) is 16.3 Å². The Morgan fingerprint density at radius 3 is 2.68 bits per heavy atom. The normalized spacial score (nSPS) is 10.5. The summed E-state index contributed by atoms with van der Waals surface area (Å²) < 4.78 is 7.00. The molecule has 0 aliphatic heterocycles. The molecule has 1 aromatic heterocycles. The lowest BCUT2D eigenvalue weighted by Gasteiger charge is -2.12. The fraction of sp³-hybridized carbons (Fsp3) is 0.167. The number of hydrogen-bond donors (Lipinski definition) is 1. The number of ether oxygens (including phenoxy) is 1. The molecule has 1 amide bonds. The lowest BCUT2D eigenvalue weighted by molar-refractivity contribution is 0.102.